The van der Waals surface area contributed by atoms with Crippen LogP contribution < -0.4 is 15.5 Å². The molecule has 1 aliphatic carbocycles. The normalized spacial score (nSPS) is 17.9. The maximum atomic E-state index is 13.1. The van der Waals surface area contributed by atoms with Crippen LogP contribution in [-0.2, 0) is 6.54 Å². The van der Waals surface area contributed by atoms with Gasteiger partial charge in [0.15, 0.2) is 0 Å². The smallest absolute Gasteiger partial charge is 0.406 e. The van der Waals surface area contributed by atoms with Gasteiger partial charge in [-0.3, -0.25) is 20.3 Å². The van der Waals surface area contributed by atoms with Crippen LogP contribution in [0.3, 0.4) is 0 Å². The molecule has 1 fully saturated rings. The van der Waals surface area contributed by atoms with Gasteiger partial charge >= 0.3 is 6.36 Å². The fourth-order valence-corrected chi connectivity index (χ4v) is 4.86. The fourth-order valence-electron chi connectivity index (χ4n) is 4.86. The van der Waals surface area contributed by atoms with Gasteiger partial charge in [-0.1, -0.05) is 38.0 Å². The Balaban J connectivity index is 1.46. The van der Waals surface area contributed by atoms with Crippen LogP contribution in [0.2, 0.25) is 0 Å². The standard InChI is InChI=1S/C27H32F3N7O3/c1-26(2,3)20-10-12-21(13-11-20)37(34-24(39)19-8-14-22(15-9-19)40-27(28,29)30)16-17-4-6-18(7-5-17)23(38)31-25-32-35-36-33-25/h4-9,14-15,20-21H,10-13,16H2,1-3H3,(H,34,39)(H2,31,32,33,35,36,38). The molecule has 214 valence electrons. The highest BCUT2D eigenvalue weighted by Gasteiger charge is 2.33. The molecule has 13 heteroatoms. The summed E-state index contributed by atoms with van der Waals surface area (Å²) in [5, 5.41) is 17.5. The Morgan fingerprint density at radius 2 is 1.55 bits per heavy atom. The van der Waals surface area contributed by atoms with Crippen molar-refractivity contribution < 1.29 is 27.5 Å². The average molecular weight is 560 g/mol. The maximum absolute atomic E-state index is 13.1. The summed E-state index contributed by atoms with van der Waals surface area (Å²) in [6.07, 6.45) is -1.02. The number of nitrogens with one attached hydrogen (secondary N) is 3. The monoisotopic (exact) mass is 559 g/mol. The van der Waals surface area contributed by atoms with E-state index in [4.69, 9.17) is 0 Å². The van der Waals surface area contributed by atoms with Crippen molar-refractivity contribution >= 4 is 17.8 Å². The van der Waals surface area contributed by atoms with Gasteiger partial charge in [-0.05, 0) is 84.2 Å². The van der Waals surface area contributed by atoms with Crippen molar-refractivity contribution in [1.29, 1.82) is 0 Å². The van der Waals surface area contributed by atoms with Crippen LogP contribution in [0, 0.1) is 11.3 Å². The van der Waals surface area contributed by atoms with Crippen molar-refractivity contribution in [2.24, 2.45) is 11.3 Å². The molecule has 10 nitrogen and oxygen atoms in total. The van der Waals surface area contributed by atoms with Crippen LogP contribution in [0.4, 0.5) is 19.1 Å². The van der Waals surface area contributed by atoms with Gasteiger partial charge in [0.1, 0.15) is 5.75 Å². The van der Waals surface area contributed by atoms with Crippen LogP contribution in [0.25, 0.3) is 0 Å². The Morgan fingerprint density at radius 3 is 2.10 bits per heavy atom. The van der Waals surface area contributed by atoms with Crippen LogP contribution in [0.5, 0.6) is 5.75 Å². The predicted molar refractivity (Wildman–Crippen MR) is 140 cm³/mol. The molecule has 1 aliphatic rings. The SMILES string of the molecule is CC(C)(C)C1CCC(N(Cc2ccc(C(=O)Nc3nn[nH]n3)cc2)NC(=O)c2ccc(OC(F)(F)F)cc2)CC1. The van der Waals surface area contributed by atoms with Crippen molar-refractivity contribution in [3.63, 3.8) is 0 Å². The number of anilines is 1. The number of hydrogen-bond donors (Lipinski definition) is 3. The Kier molecular flexibility index (Phi) is 8.72. The molecule has 2 amide bonds. The molecule has 0 spiro atoms. The molecule has 4 rings (SSSR count). The van der Waals surface area contributed by atoms with E-state index in [1.54, 1.807) is 24.3 Å². The lowest BCUT2D eigenvalue weighted by atomic mass is 9.71. The van der Waals surface area contributed by atoms with Crippen LogP contribution in [0.1, 0.15) is 72.7 Å². The first-order valence-corrected chi connectivity index (χ1v) is 12.9. The number of carbonyl (C=O) groups is 2. The lowest BCUT2D eigenvalue weighted by Crippen LogP contribution is -2.49. The maximum Gasteiger partial charge on any atom is 0.573 e. The number of carbonyl (C=O) groups excluding carboxylic acids is 2. The summed E-state index contributed by atoms with van der Waals surface area (Å²) in [5.41, 5.74) is 4.62. The Hall–Kier alpha value is -4.00. The van der Waals surface area contributed by atoms with Crippen molar-refractivity contribution in [1.82, 2.24) is 31.1 Å². The zero-order valence-electron chi connectivity index (χ0n) is 22.5. The number of ether oxygens (including phenoxy) is 1. The molecule has 1 saturated carbocycles. The molecule has 1 heterocycles. The van der Waals surface area contributed by atoms with Crippen molar-refractivity contribution in [2.45, 2.75) is 65.4 Å². The van der Waals surface area contributed by atoms with Crippen molar-refractivity contribution in [3.8, 4) is 5.75 Å². The molecule has 40 heavy (non-hydrogen) atoms. The summed E-state index contributed by atoms with van der Waals surface area (Å²) in [6, 6.07) is 11.8. The zero-order chi connectivity index (χ0) is 28.9. The summed E-state index contributed by atoms with van der Waals surface area (Å²) in [5.74, 6) is -0.597. The van der Waals surface area contributed by atoms with Gasteiger partial charge in [0, 0.05) is 23.7 Å². The second-order valence-corrected chi connectivity index (χ2v) is 10.9. The topological polar surface area (TPSA) is 125 Å². The number of benzene rings is 2. The number of aromatic amines is 1. The minimum Gasteiger partial charge on any atom is -0.406 e. The van der Waals surface area contributed by atoms with Crippen LogP contribution in [-0.4, -0.2) is 49.9 Å². The van der Waals surface area contributed by atoms with E-state index in [0.717, 1.165) is 43.4 Å². The van der Waals surface area contributed by atoms with Gasteiger partial charge in [-0.25, -0.2) is 5.01 Å². The van der Waals surface area contributed by atoms with E-state index in [1.807, 2.05) is 5.01 Å². The van der Waals surface area contributed by atoms with Crippen molar-refractivity contribution in [2.75, 3.05) is 5.32 Å². The Bertz CT molecular complexity index is 1270. The van der Waals surface area contributed by atoms with Gasteiger partial charge in [0.25, 0.3) is 17.8 Å². The third kappa shape index (κ3) is 8.01. The first kappa shape index (κ1) is 29.0. The highest BCUT2D eigenvalue weighted by molar-refractivity contribution is 6.03. The highest BCUT2D eigenvalue weighted by atomic mass is 19.4. The molecule has 2 aromatic carbocycles. The summed E-state index contributed by atoms with van der Waals surface area (Å²) in [4.78, 5) is 25.6. The van der Waals surface area contributed by atoms with Crippen LogP contribution in [0.15, 0.2) is 48.5 Å². The molecule has 0 atom stereocenters. The van der Waals surface area contributed by atoms with E-state index in [2.05, 4.69) is 56.9 Å². The zero-order valence-corrected chi connectivity index (χ0v) is 22.5. The number of rotatable bonds is 8. The number of aromatic nitrogens is 4. The average Bonchev–Trinajstić information content (AvgIpc) is 3.41. The number of H-pyrrole nitrogens is 1. The molecule has 0 unspecified atom stereocenters. The summed E-state index contributed by atoms with van der Waals surface area (Å²) >= 11 is 0. The fraction of sp³-hybridized carbons (Fsp3) is 0.444. The minimum absolute atomic E-state index is 0.0619. The number of tetrazole rings is 1. The molecular weight excluding hydrogens is 527 g/mol. The highest BCUT2D eigenvalue weighted by Crippen LogP contribution is 2.39. The van der Waals surface area contributed by atoms with E-state index >= 15 is 0 Å². The Labute approximate surface area is 229 Å². The molecular formula is C27H32F3N7O3. The predicted octanol–water partition coefficient (Wildman–Crippen LogP) is 5.10. The molecule has 0 saturated heterocycles. The first-order chi connectivity index (χ1) is 18.9. The lowest BCUT2D eigenvalue weighted by molar-refractivity contribution is -0.274. The summed E-state index contributed by atoms with van der Waals surface area (Å²) in [6.45, 7) is 7.08. The van der Waals surface area contributed by atoms with E-state index in [0.29, 0.717) is 18.0 Å². The number of halogens is 3. The Morgan fingerprint density at radius 1 is 0.950 bits per heavy atom. The number of hydrazine groups is 1. The van der Waals surface area contributed by atoms with Crippen LogP contribution >= 0.6 is 0 Å². The number of amides is 2. The van der Waals surface area contributed by atoms with E-state index < -0.39 is 23.9 Å². The number of hydrogen-bond acceptors (Lipinski definition) is 7. The second kappa shape index (κ2) is 12.0. The van der Waals surface area contributed by atoms with Gasteiger partial charge in [-0.2, -0.15) is 5.21 Å². The number of alkyl halides is 3. The van der Waals surface area contributed by atoms with E-state index in [-0.39, 0.29) is 23.0 Å². The summed E-state index contributed by atoms with van der Waals surface area (Å²) < 4.78 is 41.4. The molecule has 0 radical (unpaired) electrons. The third-order valence-electron chi connectivity index (χ3n) is 7.10. The van der Waals surface area contributed by atoms with E-state index in [9.17, 15) is 22.8 Å². The largest absolute Gasteiger partial charge is 0.573 e. The minimum atomic E-state index is -4.81. The molecule has 0 bridgehead atoms. The van der Waals surface area contributed by atoms with Gasteiger partial charge in [-0.15, -0.1) is 18.3 Å². The first-order valence-electron chi connectivity index (χ1n) is 12.9. The summed E-state index contributed by atoms with van der Waals surface area (Å²) in [7, 11) is 0. The van der Waals surface area contributed by atoms with E-state index in [1.165, 1.54) is 12.1 Å². The molecule has 0 aliphatic heterocycles. The number of nitrogens with zero attached hydrogens (tertiary/aromatic N) is 4. The van der Waals surface area contributed by atoms with Gasteiger partial charge in [0.05, 0.1) is 0 Å². The molecule has 1 aromatic heterocycles. The molecule has 3 aromatic rings. The lowest BCUT2D eigenvalue weighted by Gasteiger charge is -2.41. The second-order valence-electron chi connectivity index (χ2n) is 10.9. The third-order valence-corrected chi connectivity index (χ3v) is 7.10. The van der Waals surface area contributed by atoms with Crippen molar-refractivity contribution in [3.05, 3.63) is 65.2 Å². The quantitative estimate of drug-likeness (QED) is 0.328. The molecule has 3 N–H and O–H groups in total. The van der Waals surface area contributed by atoms with Gasteiger partial charge in [0.2, 0.25) is 0 Å². The van der Waals surface area contributed by atoms with Gasteiger partial charge < -0.3 is 4.74 Å².